The van der Waals surface area contributed by atoms with E-state index >= 15 is 0 Å². The van der Waals surface area contributed by atoms with E-state index in [4.69, 9.17) is 11.6 Å². The molecule has 0 amide bonds. The summed E-state index contributed by atoms with van der Waals surface area (Å²) in [5.74, 6) is -2.55. The van der Waals surface area contributed by atoms with Gasteiger partial charge in [0.05, 0.1) is 10.6 Å². The van der Waals surface area contributed by atoms with Crippen LogP contribution in [0.3, 0.4) is 0 Å². The van der Waals surface area contributed by atoms with Gasteiger partial charge in [0.2, 0.25) is 10.6 Å². The van der Waals surface area contributed by atoms with E-state index in [9.17, 15) is 27.5 Å². The fourth-order valence-electron chi connectivity index (χ4n) is 1.93. The van der Waals surface area contributed by atoms with Gasteiger partial charge in [-0.25, -0.2) is 4.39 Å². The SMILES string of the molecule is CC[s+]1c(-c2ccc(F)c(Cl)c2)nc(C(F)(F)F)c1C(=O)[O-]. The maximum Gasteiger partial charge on any atom is 0.439 e. The molecule has 0 fully saturated rings. The highest BCUT2D eigenvalue weighted by Gasteiger charge is 2.44. The first-order valence-electron chi connectivity index (χ1n) is 5.94. The highest BCUT2D eigenvalue weighted by atomic mass is 35.5. The molecule has 0 aliphatic carbocycles. The normalized spacial score (nSPS) is 12.5. The zero-order valence-corrected chi connectivity index (χ0v) is 12.6. The molecule has 0 saturated heterocycles. The van der Waals surface area contributed by atoms with Crippen molar-refractivity contribution >= 4 is 28.0 Å². The molecule has 0 spiro atoms. The largest absolute Gasteiger partial charge is 0.540 e. The molecule has 1 heterocycles. The molecular weight excluding hydrogens is 346 g/mol. The van der Waals surface area contributed by atoms with E-state index in [1.807, 2.05) is 0 Å². The molecule has 1 unspecified atom stereocenters. The molecule has 0 aliphatic rings. The molecule has 0 radical (unpaired) electrons. The predicted octanol–water partition coefficient (Wildman–Crippen LogP) is 3.69. The summed E-state index contributed by atoms with van der Waals surface area (Å²) in [6, 6.07) is 3.32. The molecule has 2 rings (SSSR count). The van der Waals surface area contributed by atoms with Crippen LogP contribution in [0.25, 0.3) is 10.6 Å². The lowest BCUT2D eigenvalue weighted by atomic mass is 10.2. The topological polar surface area (TPSA) is 53.0 Å². The first-order chi connectivity index (χ1) is 10.2. The van der Waals surface area contributed by atoms with E-state index < -0.39 is 39.0 Å². The van der Waals surface area contributed by atoms with E-state index in [-0.39, 0.29) is 21.3 Å². The third-order valence-corrected chi connectivity index (χ3v) is 5.33. The average Bonchev–Trinajstić information content (AvgIpc) is 2.81. The van der Waals surface area contributed by atoms with Crippen LogP contribution in [0.4, 0.5) is 17.6 Å². The number of carboxylic acids is 1. The van der Waals surface area contributed by atoms with Crippen LogP contribution in [0, 0.1) is 5.82 Å². The fourth-order valence-corrected chi connectivity index (χ4v) is 4.07. The van der Waals surface area contributed by atoms with Crippen LogP contribution >= 0.6 is 22.1 Å². The lowest BCUT2D eigenvalue weighted by Gasteiger charge is -2.03. The molecule has 22 heavy (non-hydrogen) atoms. The number of carbonyl (C=O) groups excluding carboxylic acids is 1. The smallest absolute Gasteiger partial charge is 0.439 e. The van der Waals surface area contributed by atoms with Gasteiger partial charge >= 0.3 is 6.18 Å². The van der Waals surface area contributed by atoms with Gasteiger partial charge in [-0.3, -0.25) is 0 Å². The van der Waals surface area contributed by atoms with Crippen LogP contribution in [-0.4, -0.2) is 11.0 Å². The van der Waals surface area contributed by atoms with Crippen LogP contribution in [0.15, 0.2) is 18.2 Å². The Bertz CT molecular complexity index is 742. The number of aromatic nitrogens is 1. The van der Waals surface area contributed by atoms with E-state index in [0.717, 1.165) is 12.1 Å². The monoisotopic (exact) mass is 353 g/mol. The number of carbonyl (C=O) groups is 1. The first kappa shape index (κ1) is 16.7. The Morgan fingerprint density at radius 1 is 1.41 bits per heavy atom. The summed E-state index contributed by atoms with van der Waals surface area (Å²) in [6.45, 7) is 1.53. The van der Waals surface area contributed by atoms with Gasteiger partial charge < -0.3 is 9.90 Å². The number of hydrogen-bond acceptors (Lipinski definition) is 3. The Kier molecular flexibility index (Phi) is 4.44. The molecular formula is C13H8ClF4NO2S. The van der Waals surface area contributed by atoms with Crippen LogP contribution in [0.2, 0.25) is 5.02 Å². The molecule has 0 N–H and O–H groups in total. The van der Waals surface area contributed by atoms with Gasteiger partial charge in [-0.2, -0.15) is 18.2 Å². The third-order valence-electron chi connectivity index (χ3n) is 2.82. The van der Waals surface area contributed by atoms with Crippen molar-refractivity contribution < 1.29 is 27.5 Å². The second kappa shape index (κ2) is 5.85. The second-order valence-electron chi connectivity index (χ2n) is 4.19. The average molecular weight is 354 g/mol. The van der Waals surface area contributed by atoms with Gasteiger partial charge in [0.25, 0.3) is 5.01 Å². The lowest BCUT2D eigenvalue weighted by Crippen LogP contribution is -2.25. The van der Waals surface area contributed by atoms with Gasteiger partial charge in [-0.15, -0.1) is 0 Å². The van der Waals surface area contributed by atoms with Crippen LogP contribution in [0.1, 0.15) is 22.3 Å². The van der Waals surface area contributed by atoms with Crippen molar-refractivity contribution in [2.24, 2.45) is 0 Å². The van der Waals surface area contributed by atoms with Crippen LogP contribution in [0.5, 0.6) is 0 Å². The summed E-state index contributed by atoms with van der Waals surface area (Å²) >= 11 is 5.62. The molecule has 0 saturated carbocycles. The van der Waals surface area contributed by atoms with Gasteiger partial charge in [0, 0.05) is 10.5 Å². The van der Waals surface area contributed by atoms with Crippen molar-refractivity contribution in [1.29, 1.82) is 0 Å². The number of nitrogens with zero attached hydrogens (tertiary/aromatic N) is 1. The van der Waals surface area contributed by atoms with E-state index in [1.54, 1.807) is 0 Å². The van der Waals surface area contributed by atoms with E-state index in [0.29, 0.717) is 0 Å². The highest BCUT2D eigenvalue weighted by molar-refractivity contribution is 7.35. The van der Waals surface area contributed by atoms with Gasteiger partial charge in [0.1, 0.15) is 17.5 Å². The lowest BCUT2D eigenvalue weighted by molar-refractivity contribution is -0.255. The van der Waals surface area contributed by atoms with Crippen molar-refractivity contribution in [3.8, 4) is 10.6 Å². The summed E-state index contributed by atoms with van der Waals surface area (Å²) in [6.07, 6.45) is -4.92. The minimum atomic E-state index is -4.92. The summed E-state index contributed by atoms with van der Waals surface area (Å²) < 4.78 is 52.1. The number of hydrogen-bond donors (Lipinski definition) is 0. The number of aromatic carboxylic acids is 1. The summed E-state index contributed by atoms with van der Waals surface area (Å²) in [5, 5.41) is 10.7. The minimum Gasteiger partial charge on any atom is -0.540 e. The number of benzene rings is 1. The van der Waals surface area contributed by atoms with E-state index in [2.05, 4.69) is 4.98 Å². The van der Waals surface area contributed by atoms with Crippen molar-refractivity contribution in [3.63, 3.8) is 0 Å². The number of thiazole rings is 1. The molecule has 0 aliphatic heterocycles. The maximum absolute atomic E-state index is 13.2. The summed E-state index contributed by atoms with van der Waals surface area (Å²) in [5.41, 5.74) is -1.33. The maximum atomic E-state index is 13.2. The fraction of sp³-hybridized carbons (Fsp3) is 0.231. The Hall–Kier alpha value is -1.67. The molecule has 1 aromatic carbocycles. The molecule has 3 nitrogen and oxygen atoms in total. The quantitative estimate of drug-likeness (QED) is 0.624. The molecule has 2 aromatic rings. The Labute approximate surface area is 130 Å². The van der Waals surface area contributed by atoms with Crippen molar-refractivity contribution in [2.75, 3.05) is 0 Å². The van der Waals surface area contributed by atoms with Crippen molar-refractivity contribution in [1.82, 2.24) is 4.98 Å². The second-order valence-corrected chi connectivity index (χ2v) is 6.75. The summed E-state index contributed by atoms with van der Waals surface area (Å²) in [7, 11) is -1.42. The predicted molar refractivity (Wildman–Crippen MR) is 72.1 cm³/mol. The third kappa shape index (κ3) is 2.93. The molecule has 9 heteroatoms. The van der Waals surface area contributed by atoms with Gasteiger partial charge in [-0.1, -0.05) is 11.6 Å². The number of halogens is 5. The number of rotatable bonds is 3. The Balaban J connectivity index is 2.76. The van der Waals surface area contributed by atoms with E-state index in [1.165, 1.54) is 13.0 Å². The van der Waals surface area contributed by atoms with Crippen LogP contribution in [-0.2, 0) is 11.9 Å². The zero-order valence-electron chi connectivity index (χ0n) is 11.0. The van der Waals surface area contributed by atoms with Gasteiger partial charge in [-0.05, 0) is 25.1 Å². The molecule has 1 aromatic heterocycles. The standard InChI is InChI=1S/C13H8ClF4NO2S/c1-2-22-9(12(20)21)10(13(16,17)18)19-11(22)6-3-4-8(15)7(14)5-6/h3-5H,2H2,1H3. The number of carboxylic acid groups (broad SMARTS) is 1. The first-order valence-corrected chi connectivity index (χ1v) is 7.71. The summed E-state index contributed by atoms with van der Waals surface area (Å²) in [4.78, 5) is 13.7. The highest BCUT2D eigenvalue weighted by Crippen LogP contribution is 2.45. The molecule has 1 atom stereocenters. The Morgan fingerprint density at radius 3 is 2.50 bits per heavy atom. The number of alkyl halides is 3. The van der Waals surface area contributed by atoms with Gasteiger partial charge in [0.15, 0.2) is 0 Å². The van der Waals surface area contributed by atoms with Crippen molar-refractivity contribution in [3.05, 3.63) is 39.6 Å². The van der Waals surface area contributed by atoms with Crippen LogP contribution < -0.4 is 5.11 Å². The van der Waals surface area contributed by atoms with Crippen molar-refractivity contribution in [2.45, 2.75) is 18.9 Å². The molecule has 118 valence electrons. The zero-order chi connectivity index (χ0) is 16.7. The minimum absolute atomic E-state index is 0.0871. The Morgan fingerprint density at radius 2 is 2.05 bits per heavy atom. The molecule has 0 bridgehead atoms.